The number of halogens is 1. The fourth-order valence-electron chi connectivity index (χ4n) is 1.90. The Bertz CT molecular complexity index is 300. The summed E-state index contributed by atoms with van der Waals surface area (Å²) >= 11 is 0. The number of nitrogens with zero attached hydrogens (tertiary/aromatic N) is 1. The van der Waals surface area contributed by atoms with Crippen molar-refractivity contribution in [3.63, 3.8) is 0 Å². The summed E-state index contributed by atoms with van der Waals surface area (Å²) < 4.78 is 13.0. The van der Waals surface area contributed by atoms with Crippen LogP contribution in [-0.4, -0.2) is 60.8 Å². The first-order valence-electron chi connectivity index (χ1n) is 5.42. The van der Waals surface area contributed by atoms with Gasteiger partial charge in [0.15, 0.2) is 17.4 Å². The van der Waals surface area contributed by atoms with Gasteiger partial charge in [-0.05, 0) is 0 Å². The number of carbonyl (C=O) groups excluding carboxylic acids is 2. The van der Waals surface area contributed by atoms with Gasteiger partial charge in [-0.3, -0.25) is 4.79 Å². The van der Waals surface area contributed by atoms with Gasteiger partial charge < -0.3 is 19.5 Å². The summed E-state index contributed by atoms with van der Waals surface area (Å²) in [5, 5.41) is 20.8. The first-order valence-corrected chi connectivity index (χ1v) is 5.42. The van der Waals surface area contributed by atoms with E-state index in [4.69, 9.17) is 0 Å². The number of carboxylic acid groups (broad SMARTS) is 1. The molecule has 0 aromatic carbocycles. The summed E-state index contributed by atoms with van der Waals surface area (Å²) in [6.45, 7) is 0.507. The predicted molar refractivity (Wildman–Crippen MR) is 57.7 cm³/mol. The molecular weight excluding hydrogens is 229 g/mol. The number of likely N-dealkylation sites (N-methyl/N-ethyl adjacent to an activating group) is 1. The van der Waals surface area contributed by atoms with Crippen molar-refractivity contribution >= 4 is 11.8 Å². The first-order chi connectivity index (χ1) is 7.59. The van der Waals surface area contributed by atoms with Crippen LogP contribution in [0, 0.1) is 0 Å². The van der Waals surface area contributed by atoms with Crippen LogP contribution in [0.25, 0.3) is 0 Å². The lowest BCUT2D eigenvalue weighted by molar-refractivity contribution is -0.902. The minimum Gasteiger partial charge on any atom is -0.550 e. The molecule has 0 saturated heterocycles. The molecule has 1 unspecified atom stereocenters. The minimum atomic E-state index is -2.22. The van der Waals surface area contributed by atoms with Crippen LogP contribution in [0.5, 0.6) is 0 Å². The molecule has 1 N–H and O–H groups in total. The predicted octanol–water partition coefficient (Wildman–Crippen LogP) is -1.12. The Labute approximate surface area is 100 Å². The van der Waals surface area contributed by atoms with Gasteiger partial charge in [0.2, 0.25) is 0 Å². The average molecular weight is 249 g/mol. The number of aliphatic hydroxyl groups is 1. The Hall–Kier alpha value is -1.01. The first kappa shape index (κ1) is 16.0. The summed E-state index contributed by atoms with van der Waals surface area (Å²) in [5.74, 6) is -2.25. The number of Topliss-reactive ketones (excluding diaryl/α,β-unsaturated/α-hetero) is 1. The Balaban J connectivity index is 5.42. The van der Waals surface area contributed by atoms with Gasteiger partial charge in [-0.1, -0.05) is 6.92 Å². The van der Waals surface area contributed by atoms with Crippen LogP contribution < -0.4 is 5.11 Å². The highest BCUT2D eigenvalue weighted by Crippen LogP contribution is 2.25. The van der Waals surface area contributed by atoms with Crippen LogP contribution >= 0.6 is 0 Å². The van der Waals surface area contributed by atoms with E-state index in [1.54, 1.807) is 21.1 Å². The molecule has 0 amide bonds. The molecule has 0 rings (SSSR count). The quantitative estimate of drug-likeness (QED) is 0.580. The van der Waals surface area contributed by atoms with Crippen molar-refractivity contribution in [2.75, 3.05) is 27.8 Å². The van der Waals surface area contributed by atoms with Crippen LogP contribution in [0.1, 0.15) is 19.8 Å². The maximum absolute atomic E-state index is 13.1. The molecule has 17 heavy (non-hydrogen) atoms. The van der Waals surface area contributed by atoms with Crippen molar-refractivity contribution in [3.8, 4) is 0 Å². The van der Waals surface area contributed by atoms with E-state index in [1.165, 1.54) is 6.92 Å². The number of carboxylic acids is 1. The highest BCUT2D eigenvalue weighted by molar-refractivity contribution is 5.91. The summed E-state index contributed by atoms with van der Waals surface area (Å²) in [6.07, 6.45) is -0.940. The molecule has 0 heterocycles. The van der Waals surface area contributed by atoms with Crippen molar-refractivity contribution in [1.82, 2.24) is 0 Å². The van der Waals surface area contributed by atoms with Gasteiger partial charge >= 0.3 is 0 Å². The van der Waals surface area contributed by atoms with Crippen molar-refractivity contribution < 1.29 is 28.7 Å². The molecule has 100 valence electrons. The Morgan fingerprint density at radius 2 is 1.88 bits per heavy atom. The molecule has 0 fully saturated rings. The molecule has 0 aliphatic carbocycles. The third kappa shape index (κ3) is 3.74. The van der Waals surface area contributed by atoms with Gasteiger partial charge in [0, 0.05) is 18.8 Å². The molecule has 0 aliphatic heterocycles. The molecule has 0 bridgehead atoms. The second kappa shape index (κ2) is 5.55. The number of hydrogen-bond donors (Lipinski definition) is 1. The highest BCUT2D eigenvalue weighted by atomic mass is 19.1. The standard InChI is InChI=1S/C11H20FNO4/c1-5-9(14)11(17,6-10(15)16)8(7-12)13(2,3)4/h8,17H,5-7H2,1-4H3/t8?,11-/m1/s1. The molecule has 6 heteroatoms. The summed E-state index contributed by atoms with van der Waals surface area (Å²) in [5.41, 5.74) is -2.22. The number of carbonyl (C=O) groups is 2. The van der Waals surface area contributed by atoms with E-state index < -0.39 is 36.5 Å². The van der Waals surface area contributed by atoms with Crippen molar-refractivity contribution in [2.45, 2.75) is 31.4 Å². The molecule has 0 spiro atoms. The monoisotopic (exact) mass is 249 g/mol. The molecular formula is C11H20FNO4. The third-order valence-corrected chi connectivity index (χ3v) is 2.85. The lowest BCUT2D eigenvalue weighted by atomic mass is 9.84. The fraction of sp³-hybridized carbons (Fsp3) is 0.818. The van der Waals surface area contributed by atoms with E-state index in [2.05, 4.69) is 0 Å². The lowest BCUT2D eigenvalue weighted by Crippen LogP contribution is -2.64. The van der Waals surface area contributed by atoms with E-state index in [1.807, 2.05) is 0 Å². The van der Waals surface area contributed by atoms with E-state index in [-0.39, 0.29) is 10.9 Å². The van der Waals surface area contributed by atoms with Gasteiger partial charge in [0.1, 0.15) is 6.67 Å². The van der Waals surface area contributed by atoms with Crippen molar-refractivity contribution in [1.29, 1.82) is 0 Å². The SMILES string of the molecule is CCC(=O)[C@@](O)(CC(=O)[O-])C(CF)[N+](C)(C)C. The second-order valence-corrected chi connectivity index (χ2v) is 5.04. The lowest BCUT2D eigenvalue weighted by Gasteiger charge is -2.42. The van der Waals surface area contributed by atoms with Crippen LogP contribution in [0.4, 0.5) is 4.39 Å². The van der Waals surface area contributed by atoms with E-state index >= 15 is 0 Å². The zero-order valence-corrected chi connectivity index (χ0v) is 10.7. The number of aliphatic carboxylic acids is 1. The van der Waals surface area contributed by atoms with Gasteiger partial charge in [0.25, 0.3) is 0 Å². The second-order valence-electron chi connectivity index (χ2n) is 5.04. The number of quaternary nitrogens is 1. The molecule has 0 aliphatic rings. The van der Waals surface area contributed by atoms with Crippen LogP contribution in [-0.2, 0) is 9.59 Å². The Morgan fingerprint density at radius 3 is 2.12 bits per heavy atom. The zero-order chi connectivity index (χ0) is 13.9. The summed E-state index contributed by atoms with van der Waals surface area (Å²) in [4.78, 5) is 22.3. The number of hydrogen-bond acceptors (Lipinski definition) is 4. The molecule has 0 aromatic rings. The molecule has 0 saturated carbocycles. The van der Waals surface area contributed by atoms with E-state index in [0.717, 1.165) is 0 Å². The maximum atomic E-state index is 13.1. The van der Waals surface area contributed by atoms with E-state index in [0.29, 0.717) is 0 Å². The van der Waals surface area contributed by atoms with Gasteiger partial charge in [-0.15, -0.1) is 0 Å². The number of alkyl halides is 1. The maximum Gasteiger partial charge on any atom is 0.182 e. The van der Waals surface area contributed by atoms with Crippen molar-refractivity contribution in [3.05, 3.63) is 0 Å². The summed E-state index contributed by atoms with van der Waals surface area (Å²) in [6, 6.07) is -1.13. The Kier molecular flexibility index (Phi) is 5.22. The molecule has 0 radical (unpaired) electrons. The van der Waals surface area contributed by atoms with Crippen LogP contribution in [0.2, 0.25) is 0 Å². The normalized spacial score (nSPS) is 17.3. The van der Waals surface area contributed by atoms with Gasteiger partial charge in [-0.25, -0.2) is 4.39 Å². The molecule has 5 nitrogen and oxygen atoms in total. The smallest absolute Gasteiger partial charge is 0.182 e. The minimum absolute atomic E-state index is 0.0496. The molecule has 2 atom stereocenters. The van der Waals surface area contributed by atoms with Gasteiger partial charge in [0.05, 0.1) is 21.1 Å². The van der Waals surface area contributed by atoms with Crippen LogP contribution in [0.15, 0.2) is 0 Å². The van der Waals surface area contributed by atoms with E-state index in [9.17, 15) is 24.2 Å². The largest absolute Gasteiger partial charge is 0.550 e. The average Bonchev–Trinajstić information content (AvgIpc) is 2.13. The van der Waals surface area contributed by atoms with Crippen LogP contribution in [0.3, 0.4) is 0 Å². The number of rotatable bonds is 7. The zero-order valence-electron chi connectivity index (χ0n) is 10.7. The number of ketones is 1. The van der Waals surface area contributed by atoms with Gasteiger partial charge in [-0.2, -0.15) is 0 Å². The third-order valence-electron chi connectivity index (χ3n) is 2.85. The fourth-order valence-corrected chi connectivity index (χ4v) is 1.90. The highest BCUT2D eigenvalue weighted by Gasteiger charge is 2.50. The topological polar surface area (TPSA) is 77.4 Å². The van der Waals surface area contributed by atoms with Crippen molar-refractivity contribution in [2.24, 2.45) is 0 Å². The summed E-state index contributed by atoms with van der Waals surface area (Å²) in [7, 11) is 4.77. The molecule has 0 aromatic heterocycles. The Morgan fingerprint density at radius 1 is 1.41 bits per heavy atom.